The second-order valence-corrected chi connectivity index (χ2v) is 3.99. The van der Waals surface area contributed by atoms with Gasteiger partial charge in [0.05, 0.1) is 6.04 Å². The molecule has 0 fully saturated rings. The van der Waals surface area contributed by atoms with E-state index in [1.807, 2.05) is 11.4 Å². The lowest BCUT2D eigenvalue weighted by molar-refractivity contribution is 0.526. The fourth-order valence-corrected chi connectivity index (χ4v) is 1.88. The molecule has 0 aliphatic rings. The quantitative estimate of drug-likeness (QED) is 0.844. The third-order valence-electron chi connectivity index (χ3n) is 1.84. The van der Waals surface area contributed by atoms with Gasteiger partial charge in [0.15, 0.2) is 0 Å². The number of thiophene rings is 1. The van der Waals surface area contributed by atoms with Crippen LogP contribution in [0.1, 0.15) is 23.7 Å². The first kappa shape index (κ1) is 9.21. The monoisotopic (exact) mass is 209 g/mol. The molecule has 14 heavy (non-hydrogen) atoms. The lowest BCUT2D eigenvalue weighted by atomic mass is 10.3. The molecule has 2 heterocycles. The number of nitrogens with zero attached hydrogens (tertiary/aromatic N) is 2. The molecule has 4 nitrogen and oxygen atoms in total. The maximum Gasteiger partial charge on any atom is 0.315 e. The van der Waals surface area contributed by atoms with Gasteiger partial charge in [-0.05, 0) is 18.4 Å². The summed E-state index contributed by atoms with van der Waals surface area (Å²) < 4.78 is 5.22. The minimum atomic E-state index is 0.204. The van der Waals surface area contributed by atoms with Crippen molar-refractivity contribution >= 4 is 17.4 Å². The van der Waals surface area contributed by atoms with Crippen molar-refractivity contribution in [2.45, 2.75) is 19.9 Å². The van der Waals surface area contributed by atoms with Gasteiger partial charge < -0.3 is 9.73 Å². The first-order chi connectivity index (χ1) is 6.75. The molecule has 0 spiro atoms. The molecule has 2 aromatic heterocycles. The van der Waals surface area contributed by atoms with Crippen molar-refractivity contribution in [1.29, 1.82) is 0 Å². The molecule has 5 heteroatoms. The highest BCUT2D eigenvalue weighted by atomic mass is 32.1. The lowest BCUT2D eigenvalue weighted by Gasteiger charge is -2.08. The molecule has 0 radical (unpaired) electrons. The predicted octanol–water partition coefficient (Wildman–Crippen LogP) is 2.61. The van der Waals surface area contributed by atoms with E-state index in [0.29, 0.717) is 11.9 Å². The molecule has 2 rings (SSSR count). The minimum Gasteiger partial charge on any atom is -0.408 e. The maximum atomic E-state index is 5.22. The molecule has 0 bridgehead atoms. The summed E-state index contributed by atoms with van der Waals surface area (Å²) in [5.74, 6) is 0.575. The Kier molecular flexibility index (Phi) is 2.49. The third kappa shape index (κ3) is 1.93. The van der Waals surface area contributed by atoms with Gasteiger partial charge in [0.2, 0.25) is 5.89 Å². The number of aromatic nitrogens is 2. The van der Waals surface area contributed by atoms with Gasteiger partial charge in [-0.3, -0.25) is 0 Å². The molecule has 0 saturated carbocycles. The number of rotatable bonds is 3. The lowest BCUT2D eigenvalue weighted by Crippen LogP contribution is -2.04. The predicted molar refractivity (Wildman–Crippen MR) is 55.4 cm³/mol. The van der Waals surface area contributed by atoms with E-state index < -0.39 is 0 Å². The number of hydrogen-bond acceptors (Lipinski definition) is 5. The SMILES string of the molecule is Cc1nnc(NC(C)c2cccs2)o1. The summed E-state index contributed by atoms with van der Waals surface area (Å²) in [6.45, 7) is 3.83. The van der Waals surface area contributed by atoms with Gasteiger partial charge in [-0.15, -0.1) is 16.4 Å². The Hall–Kier alpha value is -1.36. The molecule has 74 valence electrons. The zero-order valence-corrected chi connectivity index (χ0v) is 8.84. The summed E-state index contributed by atoms with van der Waals surface area (Å²) in [5, 5.41) is 12.8. The van der Waals surface area contributed by atoms with Crippen LogP contribution < -0.4 is 5.32 Å². The van der Waals surface area contributed by atoms with Gasteiger partial charge in [0.25, 0.3) is 0 Å². The highest BCUT2D eigenvalue weighted by Gasteiger charge is 2.09. The van der Waals surface area contributed by atoms with Crippen LogP contribution in [0, 0.1) is 6.92 Å². The van der Waals surface area contributed by atoms with E-state index in [2.05, 4.69) is 28.5 Å². The van der Waals surface area contributed by atoms with E-state index in [4.69, 9.17) is 4.42 Å². The third-order valence-corrected chi connectivity index (χ3v) is 2.89. The molecule has 2 aromatic rings. The van der Waals surface area contributed by atoms with Crippen LogP contribution >= 0.6 is 11.3 Å². The normalized spacial score (nSPS) is 12.7. The fraction of sp³-hybridized carbons (Fsp3) is 0.333. The summed E-state index contributed by atoms with van der Waals surface area (Å²) in [6.07, 6.45) is 0. The molecule has 1 N–H and O–H groups in total. The van der Waals surface area contributed by atoms with Crippen LogP contribution in [0.5, 0.6) is 0 Å². The summed E-state index contributed by atoms with van der Waals surface area (Å²) in [4.78, 5) is 1.25. The highest BCUT2D eigenvalue weighted by Crippen LogP contribution is 2.21. The summed E-state index contributed by atoms with van der Waals surface area (Å²) in [5.41, 5.74) is 0. The van der Waals surface area contributed by atoms with Crippen molar-refractivity contribution in [2.75, 3.05) is 5.32 Å². The van der Waals surface area contributed by atoms with Crippen LogP contribution in [0.15, 0.2) is 21.9 Å². The zero-order valence-electron chi connectivity index (χ0n) is 8.02. The van der Waals surface area contributed by atoms with Gasteiger partial charge in [-0.2, -0.15) is 0 Å². The van der Waals surface area contributed by atoms with E-state index in [1.165, 1.54) is 4.88 Å². The molecule has 1 unspecified atom stereocenters. The average Bonchev–Trinajstić information content (AvgIpc) is 2.75. The van der Waals surface area contributed by atoms with Gasteiger partial charge >= 0.3 is 6.01 Å². The van der Waals surface area contributed by atoms with Crippen LogP contribution in [0.25, 0.3) is 0 Å². The Morgan fingerprint density at radius 1 is 1.50 bits per heavy atom. The Morgan fingerprint density at radius 2 is 2.36 bits per heavy atom. The maximum absolute atomic E-state index is 5.22. The first-order valence-corrected chi connectivity index (χ1v) is 5.23. The van der Waals surface area contributed by atoms with E-state index in [9.17, 15) is 0 Å². The van der Waals surface area contributed by atoms with Crippen LogP contribution in [-0.4, -0.2) is 10.2 Å². The number of aryl methyl sites for hydroxylation is 1. The largest absolute Gasteiger partial charge is 0.408 e. The topological polar surface area (TPSA) is 51.0 Å². The number of anilines is 1. The van der Waals surface area contributed by atoms with E-state index in [-0.39, 0.29) is 6.04 Å². The Labute approximate surface area is 86.0 Å². The standard InChI is InChI=1S/C9H11N3OS/c1-6(8-4-3-5-14-8)10-9-12-11-7(2)13-9/h3-6H,1-2H3,(H,10,12). The summed E-state index contributed by atoms with van der Waals surface area (Å²) >= 11 is 1.70. The number of nitrogens with one attached hydrogen (secondary N) is 1. The minimum absolute atomic E-state index is 0.204. The Bertz CT molecular complexity index is 396. The summed E-state index contributed by atoms with van der Waals surface area (Å²) in [6, 6.07) is 4.78. The van der Waals surface area contributed by atoms with Crippen LogP contribution in [0.2, 0.25) is 0 Å². The van der Waals surface area contributed by atoms with E-state index >= 15 is 0 Å². The van der Waals surface area contributed by atoms with Crippen LogP contribution in [0.3, 0.4) is 0 Å². The first-order valence-electron chi connectivity index (χ1n) is 4.36. The molecule has 1 atom stereocenters. The van der Waals surface area contributed by atoms with E-state index in [1.54, 1.807) is 18.3 Å². The fourth-order valence-electron chi connectivity index (χ4n) is 1.15. The molecule has 0 aromatic carbocycles. The van der Waals surface area contributed by atoms with Gasteiger partial charge in [0.1, 0.15) is 0 Å². The van der Waals surface area contributed by atoms with E-state index in [0.717, 1.165) is 0 Å². The molecule has 0 aliphatic carbocycles. The van der Waals surface area contributed by atoms with Crippen LogP contribution in [0.4, 0.5) is 6.01 Å². The second-order valence-electron chi connectivity index (χ2n) is 3.01. The molecule has 0 saturated heterocycles. The highest BCUT2D eigenvalue weighted by molar-refractivity contribution is 7.10. The Balaban J connectivity index is 2.05. The van der Waals surface area contributed by atoms with Crippen molar-refractivity contribution in [1.82, 2.24) is 10.2 Å². The van der Waals surface area contributed by atoms with Crippen molar-refractivity contribution in [2.24, 2.45) is 0 Å². The zero-order chi connectivity index (χ0) is 9.97. The summed E-state index contributed by atoms with van der Waals surface area (Å²) in [7, 11) is 0. The molecule has 0 aliphatic heterocycles. The van der Waals surface area contributed by atoms with Crippen molar-refractivity contribution < 1.29 is 4.42 Å². The van der Waals surface area contributed by atoms with Crippen molar-refractivity contribution in [3.63, 3.8) is 0 Å². The average molecular weight is 209 g/mol. The smallest absolute Gasteiger partial charge is 0.315 e. The van der Waals surface area contributed by atoms with Gasteiger partial charge in [-0.1, -0.05) is 11.2 Å². The molecule has 0 amide bonds. The molecular formula is C9H11N3OS. The van der Waals surface area contributed by atoms with Gasteiger partial charge in [-0.25, -0.2) is 0 Å². The second kappa shape index (κ2) is 3.79. The van der Waals surface area contributed by atoms with Crippen LogP contribution in [-0.2, 0) is 0 Å². The molecular weight excluding hydrogens is 198 g/mol. The number of hydrogen-bond donors (Lipinski definition) is 1. The van der Waals surface area contributed by atoms with Crippen molar-refractivity contribution in [3.8, 4) is 0 Å². The Morgan fingerprint density at radius 3 is 2.93 bits per heavy atom. The van der Waals surface area contributed by atoms with Gasteiger partial charge in [0, 0.05) is 11.8 Å². The van der Waals surface area contributed by atoms with Crippen molar-refractivity contribution in [3.05, 3.63) is 28.3 Å².